The number of urea groups is 1. The quantitative estimate of drug-likeness (QED) is 0.620. The standard InChI is InChI=1S/C16H8F4N4O2S/c17-9-3-8(7-21)4-10(5-9)22-14(25)24-15-23-12-2-1-11(6-13(12)27-15)26-16(18,19)20/h1-6H,(H2,22,23,24,25). The van der Waals surface area contributed by atoms with Crippen molar-refractivity contribution in [3.8, 4) is 11.8 Å². The molecular formula is C16H8F4N4O2S. The molecule has 0 fully saturated rings. The largest absolute Gasteiger partial charge is 0.573 e. The second-order valence-electron chi connectivity index (χ2n) is 5.12. The van der Waals surface area contributed by atoms with E-state index >= 15 is 0 Å². The molecule has 3 aromatic rings. The average molecular weight is 396 g/mol. The van der Waals surface area contributed by atoms with Crippen LogP contribution >= 0.6 is 11.3 Å². The Morgan fingerprint density at radius 1 is 1.19 bits per heavy atom. The zero-order chi connectivity index (χ0) is 19.6. The molecule has 0 bridgehead atoms. The molecule has 138 valence electrons. The minimum absolute atomic E-state index is 0.0301. The number of alkyl halides is 3. The van der Waals surface area contributed by atoms with Crippen molar-refractivity contribution in [2.75, 3.05) is 10.6 Å². The summed E-state index contributed by atoms with van der Waals surface area (Å²) in [5, 5.41) is 13.6. The third-order valence-electron chi connectivity index (χ3n) is 3.10. The molecule has 2 N–H and O–H groups in total. The zero-order valence-corrected chi connectivity index (χ0v) is 13.9. The van der Waals surface area contributed by atoms with Crippen LogP contribution in [0.2, 0.25) is 0 Å². The number of ether oxygens (including phenoxy) is 1. The van der Waals surface area contributed by atoms with Crippen molar-refractivity contribution in [3.63, 3.8) is 0 Å². The molecule has 6 nitrogen and oxygen atoms in total. The minimum atomic E-state index is -4.81. The average Bonchev–Trinajstić information content (AvgIpc) is 2.93. The van der Waals surface area contributed by atoms with Gasteiger partial charge in [0.25, 0.3) is 0 Å². The van der Waals surface area contributed by atoms with Crippen LogP contribution < -0.4 is 15.4 Å². The number of hydrogen-bond donors (Lipinski definition) is 2. The number of rotatable bonds is 3. The lowest BCUT2D eigenvalue weighted by molar-refractivity contribution is -0.274. The maximum Gasteiger partial charge on any atom is 0.573 e. The number of benzene rings is 2. The van der Waals surface area contributed by atoms with Gasteiger partial charge in [0.05, 0.1) is 21.8 Å². The summed E-state index contributed by atoms with van der Waals surface area (Å²) in [6, 6.07) is 7.90. The highest BCUT2D eigenvalue weighted by Gasteiger charge is 2.31. The molecule has 3 rings (SSSR count). The zero-order valence-electron chi connectivity index (χ0n) is 13.1. The predicted octanol–water partition coefficient (Wildman–Crippen LogP) is 4.85. The molecule has 0 atom stereocenters. The van der Waals surface area contributed by atoms with Crippen LogP contribution in [0.1, 0.15) is 5.56 Å². The Morgan fingerprint density at radius 3 is 2.67 bits per heavy atom. The second kappa shape index (κ2) is 7.08. The van der Waals surface area contributed by atoms with Crippen molar-refractivity contribution in [2.45, 2.75) is 6.36 Å². The maximum atomic E-state index is 13.4. The highest BCUT2D eigenvalue weighted by Crippen LogP contribution is 2.31. The highest BCUT2D eigenvalue weighted by atomic mass is 32.1. The first-order valence-electron chi connectivity index (χ1n) is 7.17. The van der Waals surface area contributed by atoms with Crippen molar-refractivity contribution < 1.29 is 27.1 Å². The monoisotopic (exact) mass is 396 g/mol. The molecule has 2 aromatic carbocycles. The van der Waals surface area contributed by atoms with Gasteiger partial charge < -0.3 is 10.1 Å². The predicted molar refractivity (Wildman–Crippen MR) is 90.1 cm³/mol. The van der Waals surface area contributed by atoms with Gasteiger partial charge in [-0.2, -0.15) is 5.26 Å². The first-order valence-corrected chi connectivity index (χ1v) is 7.98. The van der Waals surface area contributed by atoms with Gasteiger partial charge in [0, 0.05) is 11.8 Å². The number of amides is 2. The highest BCUT2D eigenvalue weighted by molar-refractivity contribution is 7.22. The first kappa shape index (κ1) is 18.4. The van der Waals surface area contributed by atoms with E-state index in [1.807, 2.05) is 0 Å². The smallest absolute Gasteiger partial charge is 0.406 e. The molecule has 0 spiro atoms. The van der Waals surface area contributed by atoms with Crippen molar-refractivity contribution in [3.05, 3.63) is 47.8 Å². The van der Waals surface area contributed by atoms with E-state index in [-0.39, 0.29) is 16.4 Å². The summed E-state index contributed by atoms with van der Waals surface area (Å²) in [5.74, 6) is -1.10. The summed E-state index contributed by atoms with van der Waals surface area (Å²) in [4.78, 5) is 16.1. The van der Waals surface area contributed by atoms with E-state index in [9.17, 15) is 22.4 Å². The van der Waals surface area contributed by atoms with Gasteiger partial charge in [0.15, 0.2) is 5.13 Å². The number of nitrogens with zero attached hydrogens (tertiary/aromatic N) is 2. The third-order valence-corrected chi connectivity index (χ3v) is 4.03. The van der Waals surface area contributed by atoms with E-state index in [4.69, 9.17) is 5.26 Å². The fraction of sp³-hybridized carbons (Fsp3) is 0.0625. The summed E-state index contributed by atoms with van der Waals surface area (Å²) < 4.78 is 54.3. The van der Waals surface area contributed by atoms with Gasteiger partial charge >= 0.3 is 12.4 Å². The maximum absolute atomic E-state index is 13.4. The molecule has 0 saturated heterocycles. The summed E-state index contributed by atoms with van der Waals surface area (Å²) in [6.45, 7) is 0. The van der Waals surface area contributed by atoms with Gasteiger partial charge in [-0.1, -0.05) is 11.3 Å². The van der Waals surface area contributed by atoms with Gasteiger partial charge in [0.2, 0.25) is 0 Å². The Balaban J connectivity index is 1.73. The molecule has 1 heterocycles. The Hall–Kier alpha value is -3.39. The number of nitriles is 1. The van der Waals surface area contributed by atoms with Crippen LogP contribution in [-0.2, 0) is 0 Å². The molecule has 1 aromatic heterocycles. The first-order chi connectivity index (χ1) is 12.7. The Morgan fingerprint density at radius 2 is 1.96 bits per heavy atom. The number of carbonyl (C=O) groups is 1. The number of nitrogens with one attached hydrogen (secondary N) is 2. The van der Waals surface area contributed by atoms with Crippen molar-refractivity contribution in [2.24, 2.45) is 0 Å². The van der Waals surface area contributed by atoms with E-state index in [1.54, 1.807) is 6.07 Å². The van der Waals surface area contributed by atoms with Gasteiger partial charge in [-0.05, 0) is 30.3 Å². The number of thiazole rings is 1. The molecule has 0 aliphatic rings. The van der Waals surface area contributed by atoms with Crippen molar-refractivity contribution in [1.82, 2.24) is 4.98 Å². The number of fused-ring (bicyclic) bond motifs is 1. The summed E-state index contributed by atoms with van der Waals surface area (Å²) in [5.41, 5.74) is 0.454. The summed E-state index contributed by atoms with van der Waals surface area (Å²) >= 11 is 0.930. The van der Waals surface area contributed by atoms with Gasteiger partial charge in [-0.3, -0.25) is 5.32 Å². The van der Waals surface area contributed by atoms with E-state index in [0.717, 1.165) is 35.6 Å². The fourth-order valence-electron chi connectivity index (χ4n) is 2.14. The molecule has 0 aliphatic carbocycles. The molecule has 2 amide bonds. The molecule has 11 heteroatoms. The normalized spacial score (nSPS) is 11.1. The number of carbonyl (C=O) groups excluding carboxylic acids is 1. The molecular weight excluding hydrogens is 388 g/mol. The number of anilines is 2. The third kappa shape index (κ3) is 4.83. The number of aromatic nitrogens is 1. The molecule has 0 radical (unpaired) electrons. The van der Waals surface area contributed by atoms with Crippen LogP contribution in [0, 0.1) is 17.1 Å². The molecule has 0 aliphatic heterocycles. The van der Waals surface area contributed by atoms with Crippen molar-refractivity contribution in [1.29, 1.82) is 5.26 Å². The SMILES string of the molecule is N#Cc1cc(F)cc(NC(=O)Nc2nc3ccc(OC(F)(F)F)cc3s2)c1. The van der Waals surface area contributed by atoms with Gasteiger partial charge in [-0.15, -0.1) is 13.2 Å². The Labute approximate surface area is 153 Å². The summed E-state index contributed by atoms with van der Waals surface area (Å²) in [7, 11) is 0. The van der Waals surface area contributed by atoms with Gasteiger partial charge in [-0.25, -0.2) is 14.2 Å². The van der Waals surface area contributed by atoms with Crippen LogP contribution in [0.25, 0.3) is 10.2 Å². The topological polar surface area (TPSA) is 87.0 Å². The van der Waals surface area contributed by atoms with E-state index in [2.05, 4.69) is 20.4 Å². The number of hydrogen-bond acceptors (Lipinski definition) is 5. The Bertz CT molecular complexity index is 1060. The lowest BCUT2D eigenvalue weighted by Crippen LogP contribution is -2.19. The van der Waals surface area contributed by atoms with Crippen LogP contribution in [0.5, 0.6) is 5.75 Å². The second-order valence-corrected chi connectivity index (χ2v) is 6.15. The van der Waals surface area contributed by atoms with Crippen LogP contribution in [0.3, 0.4) is 0 Å². The lowest BCUT2D eigenvalue weighted by Gasteiger charge is -2.07. The minimum Gasteiger partial charge on any atom is -0.406 e. The number of halogens is 4. The molecule has 27 heavy (non-hydrogen) atoms. The van der Waals surface area contributed by atoms with Gasteiger partial charge in [0.1, 0.15) is 11.6 Å². The van der Waals surface area contributed by atoms with E-state index < -0.39 is 24.0 Å². The van der Waals surface area contributed by atoms with Crippen molar-refractivity contribution >= 4 is 38.4 Å². The van der Waals surface area contributed by atoms with E-state index in [1.165, 1.54) is 12.1 Å². The van der Waals surface area contributed by atoms with Crippen LogP contribution in [0.4, 0.5) is 33.2 Å². The fourth-order valence-corrected chi connectivity index (χ4v) is 3.03. The van der Waals surface area contributed by atoms with Crippen LogP contribution in [0.15, 0.2) is 36.4 Å². The Kier molecular flexibility index (Phi) is 4.83. The molecule has 0 unspecified atom stereocenters. The lowest BCUT2D eigenvalue weighted by atomic mass is 10.2. The summed E-state index contributed by atoms with van der Waals surface area (Å²) in [6.07, 6.45) is -4.81. The molecule has 0 saturated carbocycles. The van der Waals surface area contributed by atoms with E-state index in [0.29, 0.717) is 10.2 Å². The van der Waals surface area contributed by atoms with Crippen LogP contribution in [-0.4, -0.2) is 17.4 Å².